The zero-order chi connectivity index (χ0) is 30.9. The zero-order valence-electron chi connectivity index (χ0n) is 21.5. The maximum atomic E-state index is 13.5. The van der Waals surface area contributed by atoms with Crippen molar-refractivity contribution in [1.82, 2.24) is 9.66 Å². The molecule has 0 saturated carbocycles. The number of nitro benzene ring substituents is 1. The Morgan fingerprint density at radius 1 is 1.05 bits per heavy atom. The molecule has 1 aromatic heterocycles. The Morgan fingerprint density at radius 2 is 1.81 bits per heavy atom. The van der Waals surface area contributed by atoms with Gasteiger partial charge in [0.2, 0.25) is 5.75 Å². The Hall–Kier alpha value is -4.26. The number of rotatable bonds is 7. The maximum absolute atomic E-state index is 13.5. The number of nitrogens with zero attached hydrogens (tertiary/aromatic N) is 4. The highest BCUT2D eigenvalue weighted by molar-refractivity contribution is 9.10. The van der Waals surface area contributed by atoms with E-state index in [9.17, 15) is 28.1 Å². The van der Waals surface area contributed by atoms with E-state index in [2.05, 4.69) is 26.0 Å². The van der Waals surface area contributed by atoms with Crippen LogP contribution in [0, 0.1) is 10.1 Å². The normalized spacial score (nSPS) is 11.8. The minimum atomic E-state index is -4.64. The molecule has 0 aliphatic heterocycles. The molecule has 218 valence electrons. The van der Waals surface area contributed by atoms with Gasteiger partial charge < -0.3 is 4.74 Å². The lowest BCUT2D eigenvalue weighted by Crippen LogP contribution is -2.20. The molecule has 0 fully saturated rings. The second kappa shape index (κ2) is 12.2. The van der Waals surface area contributed by atoms with Crippen LogP contribution in [0.2, 0.25) is 10.0 Å². The minimum Gasteiger partial charge on any atom is -0.481 e. The van der Waals surface area contributed by atoms with E-state index in [1.54, 1.807) is 30.3 Å². The van der Waals surface area contributed by atoms with E-state index in [-0.39, 0.29) is 45.2 Å². The van der Waals surface area contributed by atoms with Crippen LogP contribution in [-0.2, 0) is 12.8 Å². The lowest BCUT2D eigenvalue weighted by atomic mass is 10.1. The van der Waals surface area contributed by atoms with Gasteiger partial charge in [-0.25, -0.2) is 4.98 Å². The molecular weight excluding hydrogens is 676 g/mol. The van der Waals surface area contributed by atoms with Crippen molar-refractivity contribution in [3.63, 3.8) is 0 Å². The van der Waals surface area contributed by atoms with Gasteiger partial charge in [0.05, 0.1) is 27.6 Å². The second-order valence-corrected chi connectivity index (χ2v) is 10.8. The van der Waals surface area contributed by atoms with Crippen molar-refractivity contribution < 1.29 is 22.8 Å². The quantitative estimate of drug-likeness (QED) is 0.0968. The number of hydrogen-bond acceptors (Lipinski definition) is 6. The molecule has 5 aromatic rings. The van der Waals surface area contributed by atoms with Gasteiger partial charge in [-0.1, -0.05) is 69.5 Å². The maximum Gasteiger partial charge on any atom is 0.416 e. The number of ether oxygens (including phenoxy) is 1. The van der Waals surface area contributed by atoms with E-state index in [0.29, 0.717) is 15.1 Å². The summed E-state index contributed by atoms with van der Waals surface area (Å²) in [6.45, 7) is -0.174. The number of fused-ring (bicyclic) bond motifs is 1. The van der Waals surface area contributed by atoms with E-state index in [1.807, 2.05) is 0 Å². The predicted molar refractivity (Wildman–Crippen MR) is 161 cm³/mol. The van der Waals surface area contributed by atoms with Crippen molar-refractivity contribution in [2.45, 2.75) is 12.8 Å². The van der Waals surface area contributed by atoms with Gasteiger partial charge in [0, 0.05) is 37.3 Å². The van der Waals surface area contributed by atoms with Crippen LogP contribution in [0.4, 0.5) is 18.9 Å². The molecule has 0 radical (unpaired) electrons. The van der Waals surface area contributed by atoms with Crippen LogP contribution < -0.4 is 10.3 Å². The third-order valence-electron chi connectivity index (χ3n) is 6.16. The largest absolute Gasteiger partial charge is 0.481 e. The second-order valence-electron chi connectivity index (χ2n) is 9.02. The van der Waals surface area contributed by atoms with Crippen LogP contribution in [0.15, 0.2) is 93.2 Å². The predicted octanol–water partition coefficient (Wildman–Crippen LogP) is 8.52. The minimum absolute atomic E-state index is 0.0242. The molecule has 0 N–H and O–H groups in total. The molecule has 5 rings (SSSR count). The van der Waals surface area contributed by atoms with Gasteiger partial charge in [-0.05, 0) is 42.5 Å². The summed E-state index contributed by atoms with van der Waals surface area (Å²) in [5.74, 6) is -0.364. The smallest absolute Gasteiger partial charge is 0.416 e. The number of aromatic nitrogens is 2. The topological polar surface area (TPSA) is 99.6 Å². The van der Waals surface area contributed by atoms with E-state index < -0.39 is 27.9 Å². The van der Waals surface area contributed by atoms with Gasteiger partial charge in [-0.2, -0.15) is 22.9 Å². The lowest BCUT2D eigenvalue weighted by Gasteiger charge is -2.13. The van der Waals surface area contributed by atoms with E-state index in [4.69, 9.17) is 27.9 Å². The van der Waals surface area contributed by atoms with E-state index in [0.717, 1.165) is 23.0 Å². The number of nitro groups is 1. The van der Waals surface area contributed by atoms with Gasteiger partial charge in [0.25, 0.3) is 5.56 Å². The SMILES string of the molecule is O=c1c2ccccc2nc(-c2cccc(C(F)(F)F)c2)n1N=Cc1cc(Br)cc([N+](=O)[O-])c1OCc1ccc(Cl)cc1Cl. The summed E-state index contributed by atoms with van der Waals surface area (Å²) < 4.78 is 47.5. The Kier molecular flexibility index (Phi) is 8.54. The fourth-order valence-electron chi connectivity index (χ4n) is 4.15. The number of alkyl halides is 3. The molecule has 0 bridgehead atoms. The molecular formula is C29H16BrCl2F3N4O4. The summed E-state index contributed by atoms with van der Waals surface area (Å²) in [5, 5.41) is 17.0. The summed E-state index contributed by atoms with van der Waals surface area (Å²) in [7, 11) is 0. The molecule has 43 heavy (non-hydrogen) atoms. The van der Waals surface area contributed by atoms with E-state index >= 15 is 0 Å². The van der Waals surface area contributed by atoms with Crippen LogP contribution in [0.25, 0.3) is 22.3 Å². The molecule has 8 nitrogen and oxygen atoms in total. The van der Waals surface area contributed by atoms with Crippen LogP contribution in [-0.4, -0.2) is 20.8 Å². The first-order valence-electron chi connectivity index (χ1n) is 12.2. The van der Waals surface area contributed by atoms with Crippen molar-refractivity contribution in [3.05, 3.63) is 131 Å². The van der Waals surface area contributed by atoms with Crippen LogP contribution in [0.3, 0.4) is 0 Å². The molecule has 0 aliphatic carbocycles. The Balaban J connectivity index is 1.66. The summed E-state index contributed by atoms with van der Waals surface area (Å²) in [6, 6.07) is 18.0. The highest BCUT2D eigenvalue weighted by atomic mass is 79.9. The first-order chi connectivity index (χ1) is 20.4. The van der Waals surface area contributed by atoms with Crippen molar-refractivity contribution >= 4 is 61.9 Å². The summed E-state index contributed by atoms with van der Waals surface area (Å²) in [6.07, 6.45) is -3.51. The van der Waals surface area contributed by atoms with Crippen molar-refractivity contribution in [2.75, 3.05) is 0 Å². The molecule has 1 heterocycles. The van der Waals surface area contributed by atoms with Crippen molar-refractivity contribution in [2.24, 2.45) is 5.10 Å². The molecule has 0 unspecified atom stereocenters. The molecule has 0 saturated heterocycles. The summed E-state index contributed by atoms with van der Waals surface area (Å²) >= 11 is 15.4. The molecule has 0 atom stereocenters. The Labute approximate surface area is 259 Å². The zero-order valence-corrected chi connectivity index (χ0v) is 24.6. The lowest BCUT2D eigenvalue weighted by molar-refractivity contribution is -0.386. The summed E-state index contributed by atoms with van der Waals surface area (Å²) in [4.78, 5) is 29.3. The number of halogens is 6. The van der Waals surface area contributed by atoms with E-state index in [1.165, 1.54) is 36.4 Å². The van der Waals surface area contributed by atoms with Crippen LogP contribution in [0.5, 0.6) is 5.75 Å². The highest BCUT2D eigenvalue weighted by Gasteiger charge is 2.31. The molecule has 0 amide bonds. The molecule has 0 spiro atoms. The van der Waals surface area contributed by atoms with Crippen molar-refractivity contribution in [1.29, 1.82) is 0 Å². The average Bonchev–Trinajstić information content (AvgIpc) is 2.96. The number of para-hydroxylation sites is 1. The Bertz CT molecular complexity index is 1980. The first kappa shape index (κ1) is 30.2. The standard InChI is InChI=1S/C29H16BrCl2F3N4O4/c30-20-11-18(26(25(12-20)39(41)42)43-15-17-8-9-21(31)13-23(17)32)14-36-38-27(16-4-3-5-19(10-16)29(33,34)35)37-24-7-2-1-6-22(24)28(38)40/h1-14H,15H2. The molecule has 0 aliphatic rings. The van der Waals surface area contributed by atoms with Gasteiger partial charge >= 0.3 is 11.9 Å². The fourth-order valence-corrected chi connectivity index (χ4v) is 5.08. The van der Waals surface area contributed by atoms with Crippen LogP contribution >= 0.6 is 39.1 Å². The highest BCUT2D eigenvalue weighted by Crippen LogP contribution is 2.36. The third-order valence-corrected chi connectivity index (χ3v) is 7.21. The van der Waals surface area contributed by atoms with Gasteiger partial charge in [-0.3, -0.25) is 14.9 Å². The molecule has 14 heteroatoms. The van der Waals surface area contributed by atoms with Crippen LogP contribution in [0.1, 0.15) is 16.7 Å². The molecule has 4 aromatic carbocycles. The number of hydrogen-bond donors (Lipinski definition) is 0. The average molecular weight is 692 g/mol. The fraction of sp³-hybridized carbons (Fsp3) is 0.0690. The first-order valence-corrected chi connectivity index (χ1v) is 13.8. The third kappa shape index (κ3) is 6.56. The van der Waals surface area contributed by atoms with Crippen molar-refractivity contribution in [3.8, 4) is 17.1 Å². The van der Waals surface area contributed by atoms with Gasteiger partial charge in [0.15, 0.2) is 5.82 Å². The summed E-state index contributed by atoms with van der Waals surface area (Å²) in [5.41, 5.74) is -1.23. The van der Waals surface area contributed by atoms with Gasteiger partial charge in [0.1, 0.15) is 6.61 Å². The monoisotopic (exact) mass is 690 g/mol. The number of benzene rings is 4. The van der Waals surface area contributed by atoms with Gasteiger partial charge in [-0.15, -0.1) is 0 Å². The Morgan fingerprint density at radius 3 is 2.53 bits per heavy atom.